The zero-order valence-electron chi connectivity index (χ0n) is 13.2. The van der Waals surface area contributed by atoms with Crippen molar-refractivity contribution in [1.29, 1.82) is 0 Å². The first-order chi connectivity index (χ1) is 9.87. The van der Waals surface area contributed by atoms with Gasteiger partial charge < -0.3 is 5.32 Å². The molecule has 1 aliphatic rings. The number of nitrogens with one attached hydrogen (secondary N) is 1. The van der Waals surface area contributed by atoms with Gasteiger partial charge in [-0.05, 0) is 23.5 Å². The molecule has 0 aromatic heterocycles. The fourth-order valence-corrected chi connectivity index (χ4v) is 4.25. The maximum absolute atomic E-state index is 12.4. The van der Waals surface area contributed by atoms with E-state index in [4.69, 9.17) is 0 Å². The lowest BCUT2D eigenvalue weighted by molar-refractivity contribution is 0.463. The predicted molar refractivity (Wildman–Crippen MR) is 86.4 cm³/mol. The molecular formula is C16H26N2O2S. The van der Waals surface area contributed by atoms with Gasteiger partial charge in [0.1, 0.15) is 0 Å². The van der Waals surface area contributed by atoms with Crippen LogP contribution in [0.4, 0.5) is 0 Å². The van der Waals surface area contributed by atoms with Crippen molar-refractivity contribution in [2.45, 2.75) is 45.5 Å². The van der Waals surface area contributed by atoms with E-state index < -0.39 is 10.0 Å². The summed E-state index contributed by atoms with van der Waals surface area (Å²) in [7, 11) is -3.18. The van der Waals surface area contributed by atoms with Crippen LogP contribution in [0.25, 0.3) is 0 Å². The summed E-state index contributed by atoms with van der Waals surface area (Å²) in [5.74, 6) is 0.580. The van der Waals surface area contributed by atoms with Gasteiger partial charge in [-0.25, -0.2) is 12.7 Å². The van der Waals surface area contributed by atoms with Crippen molar-refractivity contribution in [3.63, 3.8) is 0 Å². The van der Waals surface area contributed by atoms with Crippen LogP contribution in [-0.4, -0.2) is 31.9 Å². The molecule has 0 spiro atoms. The summed E-state index contributed by atoms with van der Waals surface area (Å²) in [4.78, 5) is 0. The normalized spacial score (nSPS) is 20.3. The van der Waals surface area contributed by atoms with Crippen molar-refractivity contribution < 1.29 is 8.42 Å². The summed E-state index contributed by atoms with van der Waals surface area (Å²) in [6, 6.07) is 8.28. The predicted octanol–water partition coefficient (Wildman–Crippen LogP) is 2.36. The average molecular weight is 310 g/mol. The second kappa shape index (κ2) is 6.90. The molecule has 1 aromatic rings. The van der Waals surface area contributed by atoms with Gasteiger partial charge in [-0.2, -0.15) is 0 Å². The number of nitrogens with zero attached hydrogens (tertiary/aromatic N) is 1. The molecule has 5 heteroatoms. The molecule has 1 heterocycles. The Kier molecular flexibility index (Phi) is 5.41. The van der Waals surface area contributed by atoms with Gasteiger partial charge in [-0.15, -0.1) is 0 Å². The van der Waals surface area contributed by atoms with E-state index in [1.807, 2.05) is 24.3 Å². The highest BCUT2D eigenvalue weighted by Crippen LogP contribution is 2.21. The fraction of sp³-hybridized carbons (Fsp3) is 0.625. The van der Waals surface area contributed by atoms with E-state index in [1.54, 1.807) is 4.31 Å². The van der Waals surface area contributed by atoms with Gasteiger partial charge in [-0.1, -0.05) is 45.0 Å². The van der Waals surface area contributed by atoms with Crippen LogP contribution < -0.4 is 5.32 Å². The average Bonchev–Trinajstić information content (AvgIpc) is 2.84. The second-order valence-electron chi connectivity index (χ2n) is 6.36. The molecule has 1 unspecified atom stereocenters. The molecule has 1 fully saturated rings. The van der Waals surface area contributed by atoms with Gasteiger partial charge in [-0.3, -0.25) is 0 Å². The molecule has 4 nitrogen and oxygen atoms in total. The lowest BCUT2D eigenvalue weighted by Gasteiger charge is -2.16. The van der Waals surface area contributed by atoms with Crippen LogP contribution in [0.3, 0.4) is 0 Å². The van der Waals surface area contributed by atoms with Crippen molar-refractivity contribution in [3.8, 4) is 0 Å². The summed E-state index contributed by atoms with van der Waals surface area (Å²) in [5, 5.41) is 3.35. The summed E-state index contributed by atoms with van der Waals surface area (Å²) in [6.45, 7) is 8.40. The first-order valence-electron chi connectivity index (χ1n) is 7.66. The van der Waals surface area contributed by atoms with Gasteiger partial charge >= 0.3 is 0 Å². The number of hydrogen-bond acceptors (Lipinski definition) is 3. The smallest absolute Gasteiger partial charge is 0.218 e. The highest BCUT2D eigenvalue weighted by atomic mass is 32.2. The van der Waals surface area contributed by atoms with Crippen LogP contribution in [0.2, 0.25) is 0 Å². The second-order valence-corrected chi connectivity index (χ2v) is 8.33. The summed E-state index contributed by atoms with van der Waals surface area (Å²) in [5.41, 5.74) is 2.00. The van der Waals surface area contributed by atoms with Crippen LogP contribution in [-0.2, 0) is 22.3 Å². The molecular weight excluding hydrogens is 284 g/mol. The molecule has 1 atom stereocenters. The molecule has 2 rings (SSSR count). The van der Waals surface area contributed by atoms with E-state index in [9.17, 15) is 8.42 Å². The van der Waals surface area contributed by atoms with Crippen LogP contribution in [0.5, 0.6) is 0 Å². The first-order valence-corrected chi connectivity index (χ1v) is 9.27. The minimum atomic E-state index is -3.18. The molecule has 0 saturated carbocycles. The highest BCUT2D eigenvalue weighted by Gasteiger charge is 2.29. The summed E-state index contributed by atoms with van der Waals surface area (Å²) >= 11 is 0. The quantitative estimate of drug-likeness (QED) is 0.877. The standard InChI is InChI=1S/C16H26N2O2S/c1-13(2)17-10-15-5-4-6-16(9-15)12-21(19,20)18-8-7-14(3)11-18/h4-6,9,13-14,17H,7-8,10-12H2,1-3H3. The highest BCUT2D eigenvalue weighted by molar-refractivity contribution is 7.88. The van der Waals surface area contributed by atoms with Gasteiger partial charge in [0.15, 0.2) is 0 Å². The van der Waals surface area contributed by atoms with E-state index in [2.05, 4.69) is 26.1 Å². The van der Waals surface area contributed by atoms with Crippen LogP contribution in [0.1, 0.15) is 38.3 Å². The Labute approximate surface area is 128 Å². The SMILES string of the molecule is CC1CCN(S(=O)(=O)Cc2cccc(CNC(C)C)c2)C1. The molecule has 0 aliphatic carbocycles. The van der Waals surface area contributed by atoms with E-state index in [1.165, 1.54) is 0 Å². The van der Waals surface area contributed by atoms with Crippen molar-refractivity contribution in [1.82, 2.24) is 9.62 Å². The third-order valence-corrected chi connectivity index (χ3v) is 5.65. The zero-order chi connectivity index (χ0) is 15.5. The van der Waals surface area contributed by atoms with E-state index in [-0.39, 0.29) is 5.75 Å². The Morgan fingerprint density at radius 3 is 2.67 bits per heavy atom. The maximum atomic E-state index is 12.4. The van der Waals surface area contributed by atoms with Crippen molar-refractivity contribution in [2.24, 2.45) is 5.92 Å². The Hall–Kier alpha value is -0.910. The lowest BCUT2D eigenvalue weighted by Crippen LogP contribution is -2.29. The molecule has 1 aromatic carbocycles. The number of rotatable bonds is 6. The maximum Gasteiger partial charge on any atom is 0.218 e. The Balaban J connectivity index is 2.03. The summed E-state index contributed by atoms with van der Waals surface area (Å²) < 4.78 is 26.5. The third-order valence-electron chi connectivity index (χ3n) is 3.83. The van der Waals surface area contributed by atoms with Crippen LogP contribution in [0, 0.1) is 5.92 Å². The number of hydrogen-bond donors (Lipinski definition) is 1. The molecule has 1 aliphatic heterocycles. The van der Waals surface area contributed by atoms with E-state index in [0.717, 1.165) is 24.1 Å². The van der Waals surface area contributed by atoms with Crippen molar-refractivity contribution in [3.05, 3.63) is 35.4 Å². The van der Waals surface area contributed by atoms with Gasteiger partial charge in [0.2, 0.25) is 10.0 Å². The van der Waals surface area contributed by atoms with Gasteiger partial charge in [0.25, 0.3) is 0 Å². The van der Waals surface area contributed by atoms with Crippen molar-refractivity contribution >= 4 is 10.0 Å². The molecule has 0 amide bonds. The lowest BCUT2D eigenvalue weighted by atomic mass is 10.1. The van der Waals surface area contributed by atoms with E-state index in [0.29, 0.717) is 25.0 Å². The van der Waals surface area contributed by atoms with Crippen molar-refractivity contribution in [2.75, 3.05) is 13.1 Å². The fourth-order valence-electron chi connectivity index (χ4n) is 2.60. The Morgan fingerprint density at radius 1 is 1.33 bits per heavy atom. The summed E-state index contributed by atoms with van der Waals surface area (Å²) in [6.07, 6.45) is 0.970. The van der Waals surface area contributed by atoms with Gasteiger partial charge in [0.05, 0.1) is 5.75 Å². The largest absolute Gasteiger partial charge is 0.310 e. The number of benzene rings is 1. The monoisotopic (exact) mass is 310 g/mol. The minimum absolute atomic E-state index is 0.106. The molecule has 1 N–H and O–H groups in total. The molecule has 0 radical (unpaired) electrons. The first kappa shape index (κ1) is 16.5. The zero-order valence-corrected chi connectivity index (χ0v) is 14.0. The third kappa shape index (κ3) is 4.80. The number of sulfonamides is 1. The van der Waals surface area contributed by atoms with Crippen LogP contribution >= 0.6 is 0 Å². The molecule has 21 heavy (non-hydrogen) atoms. The Bertz CT molecular complexity index is 569. The van der Waals surface area contributed by atoms with E-state index >= 15 is 0 Å². The van der Waals surface area contributed by atoms with Crippen LogP contribution in [0.15, 0.2) is 24.3 Å². The topological polar surface area (TPSA) is 49.4 Å². The molecule has 0 bridgehead atoms. The minimum Gasteiger partial charge on any atom is -0.310 e. The Morgan fingerprint density at radius 2 is 2.05 bits per heavy atom. The molecule has 118 valence electrons. The molecule has 1 saturated heterocycles. The van der Waals surface area contributed by atoms with Gasteiger partial charge in [0, 0.05) is 25.7 Å².